The van der Waals surface area contributed by atoms with Gasteiger partial charge in [0.2, 0.25) is 0 Å². The molecule has 0 N–H and O–H groups in total. The summed E-state index contributed by atoms with van der Waals surface area (Å²) in [7, 11) is 0. The second-order valence-corrected chi connectivity index (χ2v) is 13.8. The fraction of sp³-hybridized carbons (Fsp3) is 0. The van der Waals surface area contributed by atoms with Crippen LogP contribution in [-0.4, -0.2) is 9.97 Å². The predicted octanol–water partition coefficient (Wildman–Crippen LogP) is 13.9. The lowest BCUT2D eigenvalue weighted by atomic mass is 9.95. The van der Waals surface area contributed by atoms with Crippen molar-refractivity contribution in [2.24, 2.45) is 0 Å². The number of aromatic nitrogens is 2. The fourth-order valence-corrected chi connectivity index (χ4v) is 7.69. The molecule has 1 aromatic heterocycles. The van der Waals surface area contributed by atoms with Gasteiger partial charge in [-0.3, -0.25) is 0 Å². The highest BCUT2D eigenvalue weighted by molar-refractivity contribution is 6.10. The van der Waals surface area contributed by atoms with Gasteiger partial charge in [0.1, 0.15) is 0 Å². The summed E-state index contributed by atoms with van der Waals surface area (Å²) < 4.78 is 0. The molecular weight excluding hydrogens is 653 g/mol. The van der Waals surface area contributed by atoms with Crippen molar-refractivity contribution in [2.75, 3.05) is 0 Å². The van der Waals surface area contributed by atoms with Crippen LogP contribution in [0.1, 0.15) is 0 Å². The van der Waals surface area contributed by atoms with Crippen LogP contribution in [0.3, 0.4) is 0 Å². The Balaban J connectivity index is 0.984. The smallest absolute Gasteiger partial charge is 0.161 e. The monoisotopic (exact) mass is 686 g/mol. The zero-order valence-corrected chi connectivity index (χ0v) is 29.5. The van der Waals surface area contributed by atoms with E-state index in [0.717, 1.165) is 49.9 Å². The van der Waals surface area contributed by atoms with E-state index >= 15 is 0 Å². The predicted molar refractivity (Wildman–Crippen MR) is 227 cm³/mol. The Labute approximate surface area is 314 Å². The van der Waals surface area contributed by atoms with Crippen LogP contribution in [0.25, 0.3) is 99.6 Å². The van der Waals surface area contributed by atoms with Crippen molar-refractivity contribution in [1.82, 2.24) is 9.97 Å². The molecule has 0 spiro atoms. The van der Waals surface area contributed by atoms with Crippen LogP contribution in [0, 0.1) is 0 Å². The van der Waals surface area contributed by atoms with Crippen molar-refractivity contribution in [3.8, 4) is 67.2 Å². The molecule has 0 aliphatic heterocycles. The van der Waals surface area contributed by atoms with Crippen molar-refractivity contribution in [3.05, 3.63) is 206 Å². The lowest BCUT2D eigenvalue weighted by Gasteiger charge is -2.13. The third-order valence-corrected chi connectivity index (χ3v) is 10.5. The first-order chi connectivity index (χ1) is 26.7. The minimum absolute atomic E-state index is 0.735. The highest BCUT2D eigenvalue weighted by Crippen LogP contribution is 2.36. The molecule has 10 rings (SSSR count). The van der Waals surface area contributed by atoms with Gasteiger partial charge in [0, 0.05) is 21.9 Å². The normalized spacial score (nSPS) is 11.3. The summed E-state index contributed by atoms with van der Waals surface area (Å²) in [6, 6.07) is 73.5. The maximum Gasteiger partial charge on any atom is 0.161 e. The van der Waals surface area contributed by atoms with E-state index in [9.17, 15) is 0 Å². The van der Waals surface area contributed by atoms with Gasteiger partial charge < -0.3 is 0 Å². The molecule has 54 heavy (non-hydrogen) atoms. The quantitative estimate of drug-likeness (QED) is 0.163. The summed E-state index contributed by atoms with van der Waals surface area (Å²) in [4.78, 5) is 10.5. The maximum absolute atomic E-state index is 5.28. The summed E-state index contributed by atoms with van der Waals surface area (Å²) in [6.45, 7) is 0. The van der Waals surface area contributed by atoms with Crippen molar-refractivity contribution in [1.29, 1.82) is 0 Å². The maximum atomic E-state index is 5.28. The summed E-state index contributed by atoms with van der Waals surface area (Å²) >= 11 is 0. The van der Waals surface area contributed by atoms with Crippen LogP contribution in [0.2, 0.25) is 0 Å². The number of nitrogens with zero attached hydrogens (tertiary/aromatic N) is 2. The summed E-state index contributed by atoms with van der Waals surface area (Å²) in [6.07, 6.45) is 0. The van der Waals surface area contributed by atoms with Crippen molar-refractivity contribution >= 4 is 32.4 Å². The zero-order valence-electron chi connectivity index (χ0n) is 29.5. The van der Waals surface area contributed by atoms with Crippen LogP contribution < -0.4 is 0 Å². The number of benzene rings is 9. The molecule has 1 heterocycles. The van der Waals surface area contributed by atoms with Gasteiger partial charge in [0.15, 0.2) is 5.82 Å². The molecule has 2 heteroatoms. The van der Waals surface area contributed by atoms with Crippen molar-refractivity contribution < 1.29 is 0 Å². The number of hydrogen-bond acceptors (Lipinski definition) is 2. The van der Waals surface area contributed by atoms with E-state index in [1.807, 2.05) is 0 Å². The Kier molecular flexibility index (Phi) is 7.85. The van der Waals surface area contributed by atoms with E-state index in [0.29, 0.717) is 0 Å². The highest BCUT2D eigenvalue weighted by atomic mass is 14.9. The Bertz CT molecular complexity index is 2960. The number of fused-ring (bicyclic) bond motifs is 4. The Morgan fingerprint density at radius 1 is 0.259 bits per heavy atom. The summed E-state index contributed by atoms with van der Waals surface area (Å²) in [5.41, 5.74) is 13.6. The molecule has 0 radical (unpaired) electrons. The van der Waals surface area contributed by atoms with Crippen LogP contribution in [-0.2, 0) is 0 Å². The third kappa shape index (κ3) is 5.81. The van der Waals surface area contributed by atoms with Crippen LogP contribution in [0.15, 0.2) is 206 Å². The number of hydrogen-bond donors (Lipinski definition) is 0. The molecule has 0 aliphatic rings. The first-order valence-corrected chi connectivity index (χ1v) is 18.4. The van der Waals surface area contributed by atoms with Gasteiger partial charge in [-0.05, 0) is 78.9 Å². The number of rotatable bonds is 6. The second kappa shape index (κ2) is 13.4. The van der Waals surface area contributed by atoms with Crippen LogP contribution in [0.5, 0.6) is 0 Å². The van der Waals surface area contributed by atoms with Gasteiger partial charge in [-0.25, -0.2) is 9.97 Å². The van der Waals surface area contributed by atoms with E-state index in [4.69, 9.17) is 9.97 Å². The SMILES string of the molecule is c1ccc(-c2cccc(-c3cccc(-c4ccc(-c5ccc(-c6nc(-c7cccc8ccccc78)nc7c6ccc6ccccc67)cc5)cc4)c3)c2)cc1. The molecule has 2 nitrogen and oxygen atoms in total. The minimum atomic E-state index is 0.735. The van der Waals surface area contributed by atoms with E-state index in [2.05, 4.69) is 206 Å². The molecule has 0 saturated heterocycles. The van der Waals surface area contributed by atoms with Gasteiger partial charge in [0.05, 0.1) is 11.2 Å². The molecule has 252 valence electrons. The van der Waals surface area contributed by atoms with E-state index in [1.165, 1.54) is 49.7 Å². The standard InChI is InChI=1S/C52H34N2/c1-2-11-35(12-3-1)42-16-8-18-44(33-42)45-19-9-17-43(34-45)38-25-23-36(24-26-38)37-27-29-41(30-28-37)50-49-32-31-40-14-5-7-21-47(40)51(49)54-52(53-50)48-22-10-15-39-13-4-6-20-46(39)48/h1-34H. The Morgan fingerprint density at radius 2 is 0.704 bits per heavy atom. The van der Waals surface area contributed by atoms with Crippen molar-refractivity contribution in [3.63, 3.8) is 0 Å². The Hall–Kier alpha value is -7.16. The summed E-state index contributed by atoms with van der Waals surface area (Å²) in [5.74, 6) is 0.735. The van der Waals surface area contributed by atoms with Crippen molar-refractivity contribution in [2.45, 2.75) is 0 Å². The van der Waals surface area contributed by atoms with E-state index in [-0.39, 0.29) is 0 Å². The second-order valence-electron chi connectivity index (χ2n) is 13.8. The van der Waals surface area contributed by atoms with E-state index < -0.39 is 0 Å². The molecule has 0 atom stereocenters. The molecule has 0 aliphatic carbocycles. The molecule has 10 aromatic rings. The van der Waals surface area contributed by atoms with Gasteiger partial charge in [-0.15, -0.1) is 0 Å². The third-order valence-electron chi connectivity index (χ3n) is 10.5. The molecular formula is C52H34N2. The highest BCUT2D eigenvalue weighted by Gasteiger charge is 2.16. The molecule has 0 bridgehead atoms. The molecule has 9 aromatic carbocycles. The fourth-order valence-electron chi connectivity index (χ4n) is 7.69. The lowest BCUT2D eigenvalue weighted by Crippen LogP contribution is -1.96. The molecule has 0 saturated carbocycles. The average molecular weight is 687 g/mol. The molecule has 0 unspecified atom stereocenters. The van der Waals surface area contributed by atoms with Crippen LogP contribution >= 0.6 is 0 Å². The van der Waals surface area contributed by atoms with Gasteiger partial charge in [-0.1, -0.05) is 188 Å². The first kappa shape index (κ1) is 31.6. The largest absolute Gasteiger partial charge is 0.227 e. The average Bonchev–Trinajstić information content (AvgIpc) is 3.26. The van der Waals surface area contributed by atoms with Crippen LogP contribution in [0.4, 0.5) is 0 Å². The molecule has 0 fully saturated rings. The van der Waals surface area contributed by atoms with Gasteiger partial charge >= 0.3 is 0 Å². The Morgan fingerprint density at radius 3 is 1.35 bits per heavy atom. The van der Waals surface area contributed by atoms with Gasteiger partial charge in [0.25, 0.3) is 0 Å². The first-order valence-electron chi connectivity index (χ1n) is 18.4. The van der Waals surface area contributed by atoms with Gasteiger partial charge in [-0.2, -0.15) is 0 Å². The lowest BCUT2D eigenvalue weighted by molar-refractivity contribution is 1.24. The zero-order chi connectivity index (χ0) is 35.8. The molecule has 0 amide bonds. The topological polar surface area (TPSA) is 25.8 Å². The summed E-state index contributed by atoms with van der Waals surface area (Å²) in [5, 5.41) is 5.66. The van der Waals surface area contributed by atoms with E-state index in [1.54, 1.807) is 0 Å². The minimum Gasteiger partial charge on any atom is -0.227 e.